The number of hydrogen-bond acceptors (Lipinski definition) is 3. The first-order chi connectivity index (χ1) is 8.22. The quantitative estimate of drug-likeness (QED) is 0.821. The summed E-state index contributed by atoms with van der Waals surface area (Å²) in [6, 6.07) is 5.03. The number of nitrogens with zero attached hydrogens (tertiary/aromatic N) is 2. The zero-order valence-electron chi connectivity index (χ0n) is 10.9. The van der Waals surface area contributed by atoms with E-state index in [9.17, 15) is 0 Å². The van der Waals surface area contributed by atoms with Gasteiger partial charge >= 0.3 is 0 Å². The standard InChI is InChI=1S/C14H23N3/c1-3-4-9-17(13-6-7-13)14-8-5-12(10-16-14)11(2)15/h5,8,10-11,13H,3-4,6-7,9,15H2,1-2H3. The van der Waals surface area contributed by atoms with Crippen LogP contribution in [-0.2, 0) is 0 Å². The molecule has 0 amide bonds. The van der Waals surface area contributed by atoms with Crippen LogP contribution in [0.3, 0.4) is 0 Å². The minimum Gasteiger partial charge on any atom is -0.354 e. The van der Waals surface area contributed by atoms with Crippen LogP contribution < -0.4 is 10.6 Å². The molecule has 3 heteroatoms. The van der Waals surface area contributed by atoms with Crippen LogP contribution >= 0.6 is 0 Å². The molecule has 94 valence electrons. The van der Waals surface area contributed by atoms with Crippen molar-refractivity contribution in [3.8, 4) is 0 Å². The van der Waals surface area contributed by atoms with Gasteiger partial charge < -0.3 is 10.6 Å². The van der Waals surface area contributed by atoms with Gasteiger partial charge in [-0.3, -0.25) is 0 Å². The summed E-state index contributed by atoms with van der Waals surface area (Å²) < 4.78 is 0. The van der Waals surface area contributed by atoms with E-state index in [1.807, 2.05) is 13.1 Å². The van der Waals surface area contributed by atoms with Crippen LogP contribution in [0, 0.1) is 0 Å². The molecule has 2 N–H and O–H groups in total. The van der Waals surface area contributed by atoms with Crippen molar-refractivity contribution in [3.05, 3.63) is 23.9 Å². The van der Waals surface area contributed by atoms with Gasteiger partial charge in [-0.1, -0.05) is 19.4 Å². The molecule has 0 saturated heterocycles. The van der Waals surface area contributed by atoms with Crippen molar-refractivity contribution in [3.63, 3.8) is 0 Å². The number of nitrogens with two attached hydrogens (primary N) is 1. The third-order valence-electron chi connectivity index (χ3n) is 3.33. The third kappa shape index (κ3) is 3.19. The SMILES string of the molecule is CCCCN(c1ccc(C(C)N)cn1)C1CC1. The fourth-order valence-corrected chi connectivity index (χ4v) is 2.04. The summed E-state index contributed by atoms with van der Waals surface area (Å²) in [6.07, 6.45) is 7.04. The Hall–Kier alpha value is -1.09. The molecule has 1 saturated carbocycles. The minimum atomic E-state index is 0.0709. The van der Waals surface area contributed by atoms with Gasteiger partial charge in [0.25, 0.3) is 0 Å². The van der Waals surface area contributed by atoms with Gasteiger partial charge in [-0.2, -0.15) is 0 Å². The first-order valence-corrected chi connectivity index (χ1v) is 6.70. The molecule has 0 aromatic carbocycles. The van der Waals surface area contributed by atoms with Crippen molar-refractivity contribution in [2.45, 2.75) is 51.6 Å². The van der Waals surface area contributed by atoms with Crippen molar-refractivity contribution in [1.82, 2.24) is 4.98 Å². The molecule has 2 rings (SSSR count). The van der Waals surface area contributed by atoms with E-state index in [2.05, 4.69) is 28.9 Å². The van der Waals surface area contributed by atoms with E-state index in [4.69, 9.17) is 5.73 Å². The maximum atomic E-state index is 5.84. The molecule has 1 atom stereocenters. The highest BCUT2D eigenvalue weighted by Crippen LogP contribution is 2.31. The van der Waals surface area contributed by atoms with Gasteiger partial charge in [0, 0.05) is 24.8 Å². The second-order valence-corrected chi connectivity index (χ2v) is 5.02. The van der Waals surface area contributed by atoms with E-state index < -0.39 is 0 Å². The lowest BCUT2D eigenvalue weighted by Crippen LogP contribution is -2.27. The first-order valence-electron chi connectivity index (χ1n) is 6.70. The highest BCUT2D eigenvalue weighted by atomic mass is 15.2. The molecule has 0 aliphatic heterocycles. The largest absolute Gasteiger partial charge is 0.354 e. The number of anilines is 1. The summed E-state index contributed by atoms with van der Waals surface area (Å²) in [5.41, 5.74) is 6.95. The van der Waals surface area contributed by atoms with Crippen molar-refractivity contribution < 1.29 is 0 Å². The van der Waals surface area contributed by atoms with Gasteiger partial charge in [-0.25, -0.2) is 4.98 Å². The normalized spacial score (nSPS) is 16.9. The molecule has 1 aliphatic carbocycles. The smallest absolute Gasteiger partial charge is 0.128 e. The Balaban J connectivity index is 2.07. The average molecular weight is 233 g/mol. The van der Waals surface area contributed by atoms with Crippen LogP contribution in [0.15, 0.2) is 18.3 Å². The molecular weight excluding hydrogens is 210 g/mol. The molecule has 0 spiro atoms. The number of aromatic nitrogens is 1. The summed E-state index contributed by atoms with van der Waals surface area (Å²) in [5, 5.41) is 0. The van der Waals surface area contributed by atoms with Crippen LogP contribution in [0.5, 0.6) is 0 Å². The topological polar surface area (TPSA) is 42.1 Å². The van der Waals surface area contributed by atoms with Crippen molar-refractivity contribution in [2.75, 3.05) is 11.4 Å². The predicted molar refractivity (Wildman–Crippen MR) is 72.1 cm³/mol. The fraction of sp³-hybridized carbons (Fsp3) is 0.643. The number of unbranched alkanes of at least 4 members (excludes halogenated alkanes) is 1. The van der Waals surface area contributed by atoms with E-state index in [-0.39, 0.29) is 6.04 Å². The fourth-order valence-electron chi connectivity index (χ4n) is 2.04. The first kappa shape index (κ1) is 12.4. The summed E-state index contributed by atoms with van der Waals surface area (Å²) in [5.74, 6) is 1.12. The lowest BCUT2D eigenvalue weighted by molar-refractivity contribution is 0.703. The molecule has 1 aliphatic rings. The second kappa shape index (κ2) is 5.50. The second-order valence-electron chi connectivity index (χ2n) is 5.02. The van der Waals surface area contributed by atoms with Crippen LogP contribution in [0.4, 0.5) is 5.82 Å². The van der Waals surface area contributed by atoms with Crippen LogP contribution in [0.2, 0.25) is 0 Å². The molecule has 1 fully saturated rings. The Morgan fingerprint density at radius 2 is 2.24 bits per heavy atom. The monoisotopic (exact) mass is 233 g/mol. The van der Waals surface area contributed by atoms with Gasteiger partial charge in [0.05, 0.1) is 0 Å². The van der Waals surface area contributed by atoms with Crippen LogP contribution in [0.1, 0.15) is 51.1 Å². The Morgan fingerprint density at radius 3 is 2.71 bits per heavy atom. The van der Waals surface area contributed by atoms with E-state index in [0.29, 0.717) is 0 Å². The molecule has 1 aromatic rings. The van der Waals surface area contributed by atoms with E-state index in [0.717, 1.165) is 24.0 Å². The number of pyridine rings is 1. The maximum Gasteiger partial charge on any atom is 0.128 e. The summed E-state index contributed by atoms with van der Waals surface area (Å²) >= 11 is 0. The highest BCUT2D eigenvalue weighted by Gasteiger charge is 2.29. The van der Waals surface area contributed by atoms with Gasteiger partial charge in [-0.05, 0) is 37.8 Å². The number of rotatable bonds is 6. The molecule has 0 radical (unpaired) electrons. The Kier molecular flexibility index (Phi) is 4.00. The molecule has 17 heavy (non-hydrogen) atoms. The minimum absolute atomic E-state index is 0.0709. The van der Waals surface area contributed by atoms with E-state index in [1.165, 1.54) is 25.7 Å². The highest BCUT2D eigenvalue weighted by molar-refractivity contribution is 5.42. The molecular formula is C14H23N3. The van der Waals surface area contributed by atoms with E-state index >= 15 is 0 Å². The Labute approximate surface area is 104 Å². The van der Waals surface area contributed by atoms with Crippen molar-refractivity contribution >= 4 is 5.82 Å². The summed E-state index contributed by atoms with van der Waals surface area (Å²) in [7, 11) is 0. The van der Waals surface area contributed by atoms with Gasteiger partial charge in [0.2, 0.25) is 0 Å². The zero-order chi connectivity index (χ0) is 12.3. The summed E-state index contributed by atoms with van der Waals surface area (Å²) in [4.78, 5) is 7.01. The Morgan fingerprint density at radius 1 is 1.47 bits per heavy atom. The summed E-state index contributed by atoms with van der Waals surface area (Å²) in [6.45, 7) is 5.36. The van der Waals surface area contributed by atoms with Crippen molar-refractivity contribution in [2.24, 2.45) is 5.73 Å². The Bertz CT molecular complexity index is 341. The zero-order valence-corrected chi connectivity index (χ0v) is 10.9. The predicted octanol–water partition coefficient (Wildman–Crippen LogP) is 2.87. The lowest BCUT2D eigenvalue weighted by atomic mass is 10.1. The number of hydrogen-bond donors (Lipinski definition) is 1. The third-order valence-corrected chi connectivity index (χ3v) is 3.33. The van der Waals surface area contributed by atoms with Crippen LogP contribution in [0.25, 0.3) is 0 Å². The molecule has 1 heterocycles. The molecule has 0 bridgehead atoms. The molecule has 1 aromatic heterocycles. The van der Waals surface area contributed by atoms with Gasteiger partial charge in [-0.15, -0.1) is 0 Å². The van der Waals surface area contributed by atoms with Crippen molar-refractivity contribution in [1.29, 1.82) is 0 Å². The lowest BCUT2D eigenvalue weighted by Gasteiger charge is -2.23. The van der Waals surface area contributed by atoms with Crippen LogP contribution in [-0.4, -0.2) is 17.6 Å². The molecule has 3 nitrogen and oxygen atoms in total. The average Bonchev–Trinajstić information content (AvgIpc) is 3.14. The maximum absolute atomic E-state index is 5.84. The van der Waals surface area contributed by atoms with Gasteiger partial charge in [0.1, 0.15) is 5.82 Å². The van der Waals surface area contributed by atoms with Gasteiger partial charge in [0.15, 0.2) is 0 Å². The van der Waals surface area contributed by atoms with E-state index in [1.54, 1.807) is 0 Å². The molecule has 1 unspecified atom stereocenters.